The smallest absolute Gasteiger partial charge is 0.291 e. The van der Waals surface area contributed by atoms with Gasteiger partial charge in [0.1, 0.15) is 17.3 Å². The van der Waals surface area contributed by atoms with Gasteiger partial charge in [-0.2, -0.15) is 0 Å². The van der Waals surface area contributed by atoms with Gasteiger partial charge in [0.15, 0.2) is 0 Å². The number of aliphatic hydroxyl groups is 1. The molecule has 2 aromatic rings. The Hall–Kier alpha value is -2.28. The number of benzene rings is 1. The van der Waals surface area contributed by atoms with Gasteiger partial charge in [0, 0.05) is 5.92 Å². The fourth-order valence-corrected chi connectivity index (χ4v) is 2.00. The van der Waals surface area contributed by atoms with Gasteiger partial charge in [-0.05, 0) is 26.0 Å². The first kappa shape index (κ1) is 17.1. The first-order valence-corrected chi connectivity index (χ1v) is 7.40. The second kappa shape index (κ2) is 6.45. The van der Waals surface area contributed by atoms with Crippen LogP contribution in [0.2, 0.25) is 0 Å². The first-order chi connectivity index (χ1) is 10.7. The first-order valence-electron chi connectivity index (χ1n) is 7.40. The molecule has 0 aliphatic heterocycles. The molecule has 0 spiro atoms. The number of nitrogens with zero attached hydrogens (tertiary/aromatic N) is 3. The van der Waals surface area contributed by atoms with Gasteiger partial charge in [-0.3, -0.25) is 4.79 Å². The van der Waals surface area contributed by atoms with Crippen molar-refractivity contribution in [3.8, 4) is 5.69 Å². The van der Waals surface area contributed by atoms with E-state index in [-0.39, 0.29) is 24.0 Å². The Morgan fingerprint density at radius 2 is 2.04 bits per heavy atom. The van der Waals surface area contributed by atoms with Crippen LogP contribution in [0.4, 0.5) is 4.39 Å². The van der Waals surface area contributed by atoms with Gasteiger partial charge in [0.2, 0.25) is 5.82 Å². The fraction of sp³-hybridized carbons (Fsp3) is 0.438. The number of amides is 1. The van der Waals surface area contributed by atoms with Gasteiger partial charge in [-0.1, -0.05) is 26.0 Å². The summed E-state index contributed by atoms with van der Waals surface area (Å²) >= 11 is 0. The van der Waals surface area contributed by atoms with Crippen LogP contribution in [0.3, 0.4) is 0 Å². The van der Waals surface area contributed by atoms with Crippen molar-refractivity contribution in [2.24, 2.45) is 0 Å². The van der Waals surface area contributed by atoms with Crippen LogP contribution < -0.4 is 5.32 Å². The molecule has 0 saturated carbocycles. The third-order valence-corrected chi connectivity index (χ3v) is 3.28. The highest BCUT2D eigenvalue weighted by Gasteiger charge is 2.25. The Morgan fingerprint density at radius 1 is 1.39 bits per heavy atom. The predicted octanol–water partition coefficient (Wildman–Crippen LogP) is 2.03. The summed E-state index contributed by atoms with van der Waals surface area (Å²) in [7, 11) is 0. The second-order valence-electron chi connectivity index (χ2n) is 6.31. The van der Waals surface area contributed by atoms with Crippen molar-refractivity contribution < 1.29 is 14.3 Å². The van der Waals surface area contributed by atoms with E-state index in [0.717, 1.165) is 0 Å². The molecule has 1 aromatic heterocycles. The molecule has 0 aliphatic rings. The van der Waals surface area contributed by atoms with Crippen LogP contribution in [0.15, 0.2) is 24.3 Å². The summed E-state index contributed by atoms with van der Waals surface area (Å²) in [6.45, 7) is 6.93. The zero-order valence-electron chi connectivity index (χ0n) is 13.7. The Balaban J connectivity index is 2.44. The molecule has 1 amide bonds. The normalized spacial score (nSPS) is 11.8. The maximum Gasteiger partial charge on any atom is 0.291 e. The lowest BCUT2D eigenvalue weighted by Crippen LogP contribution is -2.46. The summed E-state index contributed by atoms with van der Waals surface area (Å²) in [5.74, 6) is -0.571. The Labute approximate surface area is 134 Å². The summed E-state index contributed by atoms with van der Waals surface area (Å²) in [5.41, 5.74) is -0.553. The van der Waals surface area contributed by atoms with E-state index < -0.39 is 17.3 Å². The van der Waals surface area contributed by atoms with Gasteiger partial charge in [0.25, 0.3) is 5.91 Å². The monoisotopic (exact) mass is 320 g/mol. The molecule has 0 saturated heterocycles. The summed E-state index contributed by atoms with van der Waals surface area (Å²) in [5, 5.41) is 16.0. The maximum atomic E-state index is 14.0. The molecule has 23 heavy (non-hydrogen) atoms. The molecular weight excluding hydrogens is 299 g/mol. The van der Waals surface area contributed by atoms with Crippen molar-refractivity contribution in [3.05, 3.63) is 41.7 Å². The molecule has 0 aliphatic carbocycles. The number of hydrogen-bond acceptors (Lipinski definition) is 4. The number of para-hydroxylation sites is 1. The third-order valence-electron chi connectivity index (χ3n) is 3.28. The minimum Gasteiger partial charge on any atom is -0.394 e. The highest BCUT2D eigenvalue weighted by atomic mass is 19.1. The SMILES string of the molecule is CC(C)c1nc(C(=O)NC(C)(C)CO)nn1-c1ccccc1F. The number of carbonyl (C=O) groups excluding carboxylic acids is 1. The maximum absolute atomic E-state index is 14.0. The molecule has 1 aromatic carbocycles. The third kappa shape index (κ3) is 3.73. The van der Waals surface area contributed by atoms with Crippen LogP contribution in [0.1, 0.15) is 50.1 Å². The van der Waals surface area contributed by atoms with Crippen LogP contribution in [0.25, 0.3) is 5.69 Å². The van der Waals surface area contributed by atoms with E-state index in [2.05, 4.69) is 15.4 Å². The van der Waals surface area contributed by atoms with E-state index in [1.165, 1.54) is 10.7 Å². The van der Waals surface area contributed by atoms with Crippen LogP contribution >= 0.6 is 0 Å². The van der Waals surface area contributed by atoms with E-state index in [4.69, 9.17) is 0 Å². The Kier molecular flexibility index (Phi) is 4.79. The number of hydrogen-bond donors (Lipinski definition) is 2. The quantitative estimate of drug-likeness (QED) is 0.883. The Bertz CT molecular complexity index is 710. The van der Waals surface area contributed by atoms with Crippen LogP contribution in [0, 0.1) is 5.82 Å². The molecule has 7 heteroatoms. The van der Waals surface area contributed by atoms with Crippen LogP contribution in [-0.4, -0.2) is 37.9 Å². The molecule has 1 heterocycles. The largest absolute Gasteiger partial charge is 0.394 e. The lowest BCUT2D eigenvalue weighted by Gasteiger charge is -2.22. The van der Waals surface area contributed by atoms with E-state index in [1.54, 1.807) is 32.0 Å². The zero-order valence-corrected chi connectivity index (χ0v) is 13.7. The number of aromatic nitrogens is 3. The van der Waals surface area contributed by atoms with Gasteiger partial charge in [-0.25, -0.2) is 14.1 Å². The lowest BCUT2D eigenvalue weighted by atomic mass is 10.1. The minimum absolute atomic E-state index is 0.0468. The molecule has 0 radical (unpaired) electrons. The van der Waals surface area contributed by atoms with Crippen LogP contribution in [-0.2, 0) is 0 Å². The highest BCUT2D eigenvalue weighted by molar-refractivity contribution is 5.91. The molecule has 2 N–H and O–H groups in total. The molecule has 0 unspecified atom stereocenters. The van der Waals surface area contributed by atoms with Crippen LogP contribution in [0.5, 0.6) is 0 Å². The molecule has 0 bridgehead atoms. The number of aliphatic hydroxyl groups excluding tert-OH is 1. The topological polar surface area (TPSA) is 80.0 Å². The van der Waals surface area contributed by atoms with E-state index >= 15 is 0 Å². The van der Waals surface area contributed by atoms with Crippen molar-refractivity contribution in [1.29, 1.82) is 0 Å². The summed E-state index contributed by atoms with van der Waals surface area (Å²) in [6.07, 6.45) is 0. The number of nitrogens with one attached hydrogen (secondary N) is 1. The van der Waals surface area contributed by atoms with Gasteiger partial charge >= 0.3 is 0 Å². The fourth-order valence-electron chi connectivity index (χ4n) is 2.00. The standard InChI is InChI=1S/C16H21FN4O2/c1-10(2)14-18-13(15(23)19-16(3,4)9-22)20-21(14)12-8-6-5-7-11(12)17/h5-8,10,22H,9H2,1-4H3,(H,19,23). The lowest BCUT2D eigenvalue weighted by molar-refractivity contribution is 0.0858. The minimum atomic E-state index is -0.793. The number of rotatable bonds is 5. The van der Waals surface area contributed by atoms with Gasteiger partial charge in [-0.15, -0.1) is 5.10 Å². The number of halogens is 1. The summed E-state index contributed by atoms with van der Waals surface area (Å²) in [6, 6.07) is 6.19. The van der Waals surface area contributed by atoms with Crippen molar-refractivity contribution in [2.45, 2.75) is 39.2 Å². The van der Waals surface area contributed by atoms with Gasteiger partial charge in [0.05, 0.1) is 12.1 Å². The van der Waals surface area contributed by atoms with E-state index in [9.17, 15) is 14.3 Å². The zero-order chi connectivity index (χ0) is 17.2. The molecule has 6 nitrogen and oxygen atoms in total. The Morgan fingerprint density at radius 3 is 2.61 bits per heavy atom. The van der Waals surface area contributed by atoms with Crippen molar-refractivity contribution in [3.63, 3.8) is 0 Å². The molecular formula is C16H21FN4O2. The second-order valence-corrected chi connectivity index (χ2v) is 6.31. The average Bonchev–Trinajstić information content (AvgIpc) is 2.92. The molecule has 0 atom stereocenters. The molecule has 124 valence electrons. The van der Waals surface area contributed by atoms with Gasteiger partial charge < -0.3 is 10.4 Å². The predicted molar refractivity (Wildman–Crippen MR) is 84.0 cm³/mol. The summed E-state index contributed by atoms with van der Waals surface area (Å²) < 4.78 is 15.4. The van der Waals surface area contributed by atoms with E-state index in [1.807, 2.05) is 13.8 Å². The highest BCUT2D eigenvalue weighted by Crippen LogP contribution is 2.19. The van der Waals surface area contributed by atoms with Crippen molar-refractivity contribution >= 4 is 5.91 Å². The average molecular weight is 320 g/mol. The summed E-state index contributed by atoms with van der Waals surface area (Å²) in [4.78, 5) is 16.5. The van der Waals surface area contributed by atoms with Crippen molar-refractivity contribution in [1.82, 2.24) is 20.1 Å². The van der Waals surface area contributed by atoms with E-state index in [0.29, 0.717) is 5.82 Å². The number of carbonyl (C=O) groups is 1. The molecule has 0 fully saturated rings. The van der Waals surface area contributed by atoms with Crippen molar-refractivity contribution in [2.75, 3.05) is 6.61 Å². The molecule has 2 rings (SSSR count).